The molecule has 1 aliphatic carbocycles. The van der Waals surface area contributed by atoms with Crippen LogP contribution < -0.4 is 10.5 Å². The van der Waals surface area contributed by atoms with Crippen molar-refractivity contribution in [1.29, 1.82) is 0 Å². The lowest BCUT2D eigenvalue weighted by molar-refractivity contribution is -0.00920. The minimum Gasteiger partial charge on any atom is -0.376 e. The van der Waals surface area contributed by atoms with Crippen molar-refractivity contribution in [2.24, 2.45) is 11.7 Å². The van der Waals surface area contributed by atoms with Crippen molar-refractivity contribution in [3.8, 4) is 0 Å². The van der Waals surface area contributed by atoms with E-state index in [9.17, 15) is 8.42 Å². The van der Waals surface area contributed by atoms with Gasteiger partial charge in [0, 0.05) is 18.6 Å². The first kappa shape index (κ1) is 11.1. The fraction of sp³-hybridized carbons (Fsp3) is 0.778. The van der Waals surface area contributed by atoms with E-state index >= 15 is 0 Å². The van der Waals surface area contributed by atoms with E-state index in [0.29, 0.717) is 12.5 Å². The van der Waals surface area contributed by atoms with Crippen LogP contribution in [0, 0.1) is 5.92 Å². The Balaban J connectivity index is 1.98. The maximum absolute atomic E-state index is 11.5. The summed E-state index contributed by atoms with van der Waals surface area (Å²) in [5, 5.41) is 0. The molecule has 0 radical (unpaired) electrons. The molecule has 0 bridgehead atoms. The average molecular weight is 232 g/mol. The number of hydrogen-bond acceptors (Lipinski definition) is 4. The highest BCUT2D eigenvalue weighted by Gasteiger charge is 2.53. The standard InChI is InChI=1S/C9H16N2O3S/c1-2-5-15(12,13)11-8-7(10)6-3-4-14-9(6)8/h2,6-9,11H,1,3-5,10H2. The Morgan fingerprint density at radius 2 is 2.33 bits per heavy atom. The first-order chi connectivity index (χ1) is 7.05. The topological polar surface area (TPSA) is 81.4 Å². The highest BCUT2D eigenvalue weighted by atomic mass is 32.2. The zero-order valence-corrected chi connectivity index (χ0v) is 9.24. The first-order valence-corrected chi connectivity index (χ1v) is 6.68. The summed E-state index contributed by atoms with van der Waals surface area (Å²) in [5.74, 6) is 0.245. The van der Waals surface area contributed by atoms with Crippen molar-refractivity contribution in [1.82, 2.24) is 4.72 Å². The molecular formula is C9H16N2O3S. The van der Waals surface area contributed by atoms with E-state index in [1.54, 1.807) is 0 Å². The molecular weight excluding hydrogens is 216 g/mol. The summed E-state index contributed by atoms with van der Waals surface area (Å²) in [7, 11) is -3.29. The SMILES string of the molecule is C=CCS(=O)(=O)NC1C(N)C2CCOC21. The minimum absolute atomic E-state index is 0.0282. The van der Waals surface area contributed by atoms with E-state index in [4.69, 9.17) is 10.5 Å². The predicted octanol–water partition coefficient (Wildman–Crippen LogP) is -0.794. The zero-order chi connectivity index (χ0) is 11.1. The fourth-order valence-electron chi connectivity index (χ4n) is 2.31. The number of ether oxygens (including phenoxy) is 1. The van der Waals surface area contributed by atoms with Crippen LogP contribution in [0.15, 0.2) is 12.7 Å². The van der Waals surface area contributed by atoms with Crippen LogP contribution in [0.1, 0.15) is 6.42 Å². The van der Waals surface area contributed by atoms with Crippen LogP contribution in [0.2, 0.25) is 0 Å². The predicted molar refractivity (Wildman–Crippen MR) is 56.7 cm³/mol. The van der Waals surface area contributed by atoms with Crippen LogP contribution in [0.4, 0.5) is 0 Å². The van der Waals surface area contributed by atoms with Crippen LogP contribution in [0.25, 0.3) is 0 Å². The number of fused-ring (bicyclic) bond motifs is 1. The summed E-state index contributed by atoms with van der Waals surface area (Å²) >= 11 is 0. The zero-order valence-electron chi connectivity index (χ0n) is 8.43. The van der Waals surface area contributed by atoms with Gasteiger partial charge in [0.05, 0.1) is 17.9 Å². The first-order valence-electron chi connectivity index (χ1n) is 5.03. The molecule has 2 rings (SSSR count). The molecule has 1 saturated carbocycles. The van der Waals surface area contributed by atoms with Gasteiger partial charge < -0.3 is 10.5 Å². The highest BCUT2D eigenvalue weighted by molar-refractivity contribution is 7.89. The van der Waals surface area contributed by atoms with Crippen molar-refractivity contribution < 1.29 is 13.2 Å². The third-order valence-corrected chi connectivity index (χ3v) is 4.41. The summed E-state index contributed by atoms with van der Waals surface area (Å²) in [5.41, 5.74) is 5.88. The normalized spacial score (nSPS) is 39.5. The molecule has 6 heteroatoms. The second-order valence-electron chi connectivity index (χ2n) is 4.08. The molecule has 0 aromatic heterocycles. The van der Waals surface area contributed by atoms with Gasteiger partial charge in [-0.15, -0.1) is 6.58 Å². The largest absolute Gasteiger partial charge is 0.376 e. The van der Waals surface area contributed by atoms with E-state index in [1.807, 2.05) is 0 Å². The van der Waals surface area contributed by atoms with Gasteiger partial charge in [-0.1, -0.05) is 6.08 Å². The van der Waals surface area contributed by atoms with E-state index in [-0.39, 0.29) is 23.9 Å². The van der Waals surface area contributed by atoms with E-state index in [2.05, 4.69) is 11.3 Å². The third-order valence-electron chi connectivity index (χ3n) is 3.10. The Bertz CT molecular complexity index is 354. The molecule has 1 heterocycles. The molecule has 0 amide bonds. The Labute approximate surface area is 89.7 Å². The lowest BCUT2D eigenvalue weighted by Crippen LogP contribution is -2.69. The summed E-state index contributed by atoms with van der Waals surface area (Å²) in [6.07, 6.45) is 2.27. The number of hydrogen-bond donors (Lipinski definition) is 2. The van der Waals surface area contributed by atoms with Crippen molar-refractivity contribution in [2.75, 3.05) is 12.4 Å². The van der Waals surface area contributed by atoms with Crippen LogP contribution in [0.5, 0.6) is 0 Å². The molecule has 4 atom stereocenters. The van der Waals surface area contributed by atoms with Gasteiger partial charge in [0.15, 0.2) is 0 Å². The summed E-state index contributed by atoms with van der Waals surface area (Å²) < 4.78 is 30.9. The van der Waals surface area contributed by atoms with Gasteiger partial charge in [-0.2, -0.15) is 0 Å². The molecule has 0 aromatic rings. The Morgan fingerprint density at radius 1 is 1.60 bits per heavy atom. The summed E-state index contributed by atoms with van der Waals surface area (Å²) in [6.45, 7) is 4.08. The Morgan fingerprint density at radius 3 is 3.00 bits per heavy atom. The molecule has 0 aromatic carbocycles. The maximum Gasteiger partial charge on any atom is 0.215 e. The third kappa shape index (κ3) is 1.94. The number of rotatable bonds is 4. The van der Waals surface area contributed by atoms with E-state index in [0.717, 1.165) is 6.42 Å². The smallest absolute Gasteiger partial charge is 0.215 e. The van der Waals surface area contributed by atoms with Crippen LogP contribution in [-0.2, 0) is 14.8 Å². The summed E-state index contributed by atoms with van der Waals surface area (Å²) in [4.78, 5) is 0. The second kappa shape index (κ2) is 3.86. The summed E-state index contributed by atoms with van der Waals surface area (Å²) in [6, 6.07) is -0.375. The van der Waals surface area contributed by atoms with Crippen molar-refractivity contribution in [3.05, 3.63) is 12.7 Å². The van der Waals surface area contributed by atoms with Gasteiger partial charge in [0.2, 0.25) is 10.0 Å². The van der Waals surface area contributed by atoms with Crippen molar-refractivity contribution >= 4 is 10.0 Å². The number of nitrogens with two attached hydrogens (primary N) is 1. The average Bonchev–Trinajstić information content (AvgIpc) is 2.58. The van der Waals surface area contributed by atoms with Crippen molar-refractivity contribution in [2.45, 2.75) is 24.6 Å². The quantitative estimate of drug-likeness (QED) is 0.622. The van der Waals surface area contributed by atoms with Gasteiger partial charge in [0.25, 0.3) is 0 Å². The number of sulfonamides is 1. The van der Waals surface area contributed by atoms with Gasteiger partial charge in [-0.25, -0.2) is 13.1 Å². The molecule has 2 aliphatic rings. The molecule has 86 valence electrons. The van der Waals surface area contributed by atoms with Gasteiger partial charge in [-0.3, -0.25) is 0 Å². The van der Waals surface area contributed by atoms with Gasteiger partial charge >= 0.3 is 0 Å². The molecule has 1 saturated heterocycles. The second-order valence-corrected chi connectivity index (χ2v) is 5.88. The molecule has 4 unspecified atom stereocenters. The Kier molecular flexibility index (Phi) is 2.85. The van der Waals surface area contributed by atoms with E-state index in [1.165, 1.54) is 6.08 Å². The minimum atomic E-state index is -3.29. The molecule has 3 N–H and O–H groups in total. The lowest BCUT2D eigenvalue weighted by atomic mass is 9.73. The van der Waals surface area contributed by atoms with Crippen LogP contribution in [0.3, 0.4) is 0 Å². The molecule has 1 aliphatic heterocycles. The monoisotopic (exact) mass is 232 g/mol. The van der Waals surface area contributed by atoms with Gasteiger partial charge in [-0.05, 0) is 6.42 Å². The molecule has 0 spiro atoms. The van der Waals surface area contributed by atoms with E-state index < -0.39 is 10.0 Å². The van der Waals surface area contributed by atoms with Gasteiger partial charge in [0.1, 0.15) is 0 Å². The molecule has 15 heavy (non-hydrogen) atoms. The molecule has 5 nitrogen and oxygen atoms in total. The fourth-order valence-corrected chi connectivity index (χ4v) is 3.42. The van der Waals surface area contributed by atoms with Crippen molar-refractivity contribution in [3.63, 3.8) is 0 Å². The highest BCUT2D eigenvalue weighted by Crippen LogP contribution is 2.37. The maximum atomic E-state index is 11.5. The number of nitrogens with one attached hydrogen (secondary N) is 1. The van der Waals surface area contributed by atoms with Crippen LogP contribution >= 0.6 is 0 Å². The van der Waals surface area contributed by atoms with Crippen LogP contribution in [-0.4, -0.2) is 39.0 Å². The lowest BCUT2D eigenvalue weighted by Gasteiger charge is -2.45. The Hall–Kier alpha value is -0.430. The molecule has 2 fully saturated rings.